The predicted octanol–water partition coefficient (Wildman–Crippen LogP) is 4.96. The van der Waals surface area contributed by atoms with E-state index in [0.29, 0.717) is 27.3 Å². The second kappa shape index (κ2) is 11.0. The molecule has 0 fully saturated rings. The minimum absolute atomic E-state index is 0.244. The van der Waals surface area contributed by atoms with Gasteiger partial charge < -0.3 is 19.5 Å². The Kier molecular flexibility index (Phi) is 8.37. The van der Waals surface area contributed by atoms with Crippen LogP contribution in [0.5, 0.6) is 5.75 Å². The summed E-state index contributed by atoms with van der Waals surface area (Å²) in [5.74, 6) is -0.670. The van der Waals surface area contributed by atoms with Crippen molar-refractivity contribution >= 4 is 45.8 Å². The van der Waals surface area contributed by atoms with E-state index in [1.165, 1.54) is 18.3 Å². The zero-order valence-corrected chi connectivity index (χ0v) is 20.7. The molecule has 1 amide bonds. The van der Waals surface area contributed by atoms with Crippen molar-refractivity contribution < 1.29 is 28.6 Å². The first-order valence-corrected chi connectivity index (χ1v) is 12.1. The number of thiophene rings is 1. The molecule has 1 aromatic carbocycles. The molecular weight excluding hydrogens is 466 g/mol. The molecule has 7 nitrogen and oxygen atoms in total. The van der Waals surface area contributed by atoms with Crippen molar-refractivity contribution in [2.45, 2.75) is 53.1 Å². The number of halogens is 1. The number of rotatable bonds is 8. The second-order valence-corrected chi connectivity index (χ2v) is 9.61. The highest BCUT2D eigenvalue weighted by Gasteiger charge is 2.30. The number of ether oxygens (including phenoxy) is 3. The summed E-state index contributed by atoms with van der Waals surface area (Å²) < 4.78 is 15.9. The predicted molar refractivity (Wildman–Crippen MR) is 127 cm³/mol. The molecule has 2 atom stereocenters. The fraction of sp³-hybridized carbons (Fsp3) is 0.458. The lowest BCUT2D eigenvalue weighted by Crippen LogP contribution is -2.32. The van der Waals surface area contributed by atoms with E-state index < -0.39 is 23.9 Å². The molecule has 0 aliphatic heterocycles. The Morgan fingerprint density at radius 3 is 2.76 bits per heavy atom. The summed E-state index contributed by atoms with van der Waals surface area (Å²) in [5, 5.41) is 3.80. The van der Waals surface area contributed by atoms with Crippen LogP contribution in [-0.2, 0) is 31.9 Å². The number of aryl methyl sites for hydroxylation is 1. The topological polar surface area (TPSA) is 90.9 Å². The van der Waals surface area contributed by atoms with Crippen LogP contribution < -0.4 is 10.1 Å². The van der Waals surface area contributed by atoms with E-state index in [2.05, 4.69) is 12.2 Å². The second-order valence-electron chi connectivity index (χ2n) is 8.10. The maximum Gasteiger partial charge on any atom is 0.344 e. The largest absolute Gasteiger partial charge is 0.482 e. The smallest absolute Gasteiger partial charge is 0.344 e. The van der Waals surface area contributed by atoms with Gasteiger partial charge in [0.15, 0.2) is 12.7 Å². The van der Waals surface area contributed by atoms with Gasteiger partial charge in [-0.3, -0.25) is 4.79 Å². The van der Waals surface area contributed by atoms with Crippen molar-refractivity contribution in [2.75, 3.05) is 18.5 Å². The van der Waals surface area contributed by atoms with Gasteiger partial charge in [0.05, 0.1) is 12.2 Å². The standard InChI is InChI=1S/C24H28ClNO6S/c1-5-30-24(29)21-17-8-6-13(2)10-19(17)33-23(21)26-22(28)15(4)32-20(27)12-31-16-7-9-18(25)14(3)11-16/h7,9,11,13,15H,5-6,8,10,12H2,1-4H3,(H,26,28)/t13-,15-/m1/s1. The third-order valence-corrected chi connectivity index (χ3v) is 6.99. The maximum atomic E-state index is 12.7. The van der Waals surface area contributed by atoms with Crippen LogP contribution in [0.3, 0.4) is 0 Å². The summed E-state index contributed by atoms with van der Waals surface area (Å²) in [6.45, 7) is 7.10. The molecule has 9 heteroatoms. The van der Waals surface area contributed by atoms with E-state index in [1.54, 1.807) is 25.1 Å². The molecule has 0 unspecified atom stereocenters. The minimum atomic E-state index is -1.07. The Morgan fingerprint density at radius 2 is 2.06 bits per heavy atom. The highest BCUT2D eigenvalue weighted by molar-refractivity contribution is 7.17. The van der Waals surface area contributed by atoms with E-state index in [4.69, 9.17) is 25.8 Å². The lowest BCUT2D eigenvalue weighted by atomic mass is 9.88. The average Bonchev–Trinajstić information content (AvgIpc) is 3.11. The van der Waals surface area contributed by atoms with Crippen molar-refractivity contribution in [1.82, 2.24) is 0 Å². The molecule has 1 aliphatic rings. The van der Waals surface area contributed by atoms with Gasteiger partial charge in [-0.2, -0.15) is 0 Å². The van der Waals surface area contributed by atoms with E-state index in [1.807, 2.05) is 6.92 Å². The molecule has 0 radical (unpaired) electrons. The number of benzene rings is 1. The minimum Gasteiger partial charge on any atom is -0.482 e. The van der Waals surface area contributed by atoms with Gasteiger partial charge >= 0.3 is 11.9 Å². The number of hydrogen-bond donors (Lipinski definition) is 1. The van der Waals surface area contributed by atoms with E-state index in [-0.39, 0.29) is 13.2 Å². The number of nitrogens with one attached hydrogen (secondary N) is 1. The fourth-order valence-electron chi connectivity index (χ4n) is 3.61. The van der Waals surface area contributed by atoms with Crippen LogP contribution in [0.2, 0.25) is 5.02 Å². The van der Waals surface area contributed by atoms with Crippen LogP contribution in [0.25, 0.3) is 0 Å². The van der Waals surface area contributed by atoms with Crippen LogP contribution in [0.15, 0.2) is 18.2 Å². The number of hydrogen-bond acceptors (Lipinski definition) is 7. The SMILES string of the molecule is CCOC(=O)c1c(NC(=O)[C@@H](C)OC(=O)COc2ccc(Cl)c(C)c2)sc2c1CC[C@@H](C)C2. The van der Waals surface area contributed by atoms with Crippen LogP contribution >= 0.6 is 22.9 Å². The molecule has 0 saturated carbocycles. The van der Waals surface area contributed by atoms with E-state index in [0.717, 1.165) is 35.3 Å². The number of carbonyl (C=O) groups is 3. The molecule has 0 spiro atoms. The summed E-state index contributed by atoms with van der Waals surface area (Å²) in [4.78, 5) is 38.6. The van der Waals surface area contributed by atoms with Gasteiger partial charge in [0.2, 0.25) is 0 Å². The molecular formula is C24H28ClNO6S. The highest BCUT2D eigenvalue weighted by Crippen LogP contribution is 2.40. The van der Waals surface area contributed by atoms with Gasteiger partial charge in [0.25, 0.3) is 5.91 Å². The van der Waals surface area contributed by atoms with Gasteiger partial charge in [-0.25, -0.2) is 9.59 Å². The lowest BCUT2D eigenvalue weighted by molar-refractivity contribution is -0.155. The Bertz CT molecular complexity index is 1050. The van der Waals surface area contributed by atoms with Crippen LogP contribution in [0.1, 0.15) is 53.6 Å². The van der Waals surface area contributed by atoms with E-state index in [9.17, 15) is 14.4 Å². The summed E-state index contributed by atoms with van der Waals surface area (Å²) in [6.07, 6.45) is 1.53. The summed E-state index contributed by atoms with van der Waals surface area (Å²) in [5.41, 5.74) is 2.18. The molecule has 1 aromatic heterocycles. The fourth-order valence-corrected chi connectivity index (χ4v) is 5.12. The van der Waals surface area contributed by atoms with Crippen molar-refractivity contribution in [3.63, 3.8) is 0 Å². The van der Waals surface area contributed by atoms with Gasteiger partial charge in [-0.1, -0.05) is 18.5 Å². The number of amides is 1. The lowest BCUT2D eigenvalue weighted by Gasteiger charge is -2.18. The number of carbonyl (C=O) groups excluding carboxylic acids is 3. The molecule has 0 saturated heterocycles. The first-order chi connectivity index (χ1) is 15.7. The zero-order chi connectivity index (χ0) is 24.1. The number of fused-ring (bicyclic) bond motifs is 1. The maximum absolute atomic E-state index is 12.7. The van der Waals surface area contributed by atoms with Gasteiger partial charge in [0.1, 0.15) is 10.8 Å². The van der Waals surface area contributed by atoms with Crippen LogP contribution in [0, 0.1) is 12.8 Å². The monoisotopic (exact) mass is 493 g/mol. The molecule has 1 aliphatic carbocycles. The molecule has 1 heterocycles. The molecule has 33 heavy (non-hydrogen) atoms. The van der Waals surface area contributed by atoms with Crippen molar-refractivity contribution in [2.24, 2.45) is 5.92 Å². The van der Waals surface area contributed by atoms with Crippen molar-refractivity contribution in [1.29, 1.82) is 0 Å². The molecule has 3 rings (SSSR count). The highest BCUT2D eigenvalue weighted by atomic mass is 35.5. The Morgan fingerprint density at radius 1 is 1.30 bits per heavy atom. The van der Waals surface area contributed by atoms with Crippen molar-refractivity contribution in [3.8, 4) is 5.75 Å². The number of esters is 2. The normalized spacial score (nSPS) is 15.8. The molecule has 178 valence electrons. The molecule has 2 aromatic rings. The first kappa shape index (κ1) is 25.1. The Balaban J connectivity index is 1.63. The summed E-state index contributed by atoms with van der Waals surface area (Å²) >= 11 is 7.37. The average molecular weight is 494 g/mol. The van der Waals surface area contributed by atoms with Crippen LogP contribution in [-0.4, -0.2) is 37.2 Å². The zero-order valence-electron chi connectivity index (χ0n) is 19.2. The quantitative estimate of drug-likeness (QED) is 0.522. The summed E-state index contributed by atoms with van der Waals surface area (Å²) in [7, 11) is 0. The van der Waals surface area contributed by atoms with E-state index >= 15 is 0 Å². The first-order valence-electron chi connectivity index (χ1n) is 10.9. The Hall–Kier alpha value is -2.58. The molecule has 1 N–H and O–H groups in total. The van der Waals surface area contributed by atoms with Crippen LogP contribution in [0.4, 0.5) is 5.00 Å². The van der Waals surface area contributed by atoms with Gasteiger partial charge in [-0.05, 0) is 75.3 Å². The van der Waals surface area contributed by atoms with Gasteiger partial charge in [-0.15, -0.1) is 11.3 Å². The Labute approximate surface area is 202 Å². The summed E-state index contributed by atoms with van der Waals surface area (Å²) in [6, 6.07) is 5.04. The van der Waals surface area contributed by atoms with Gasteiger partial charge in [0, 0.05) is 9.90 Å². The van der Waals surface area contributed by atoms with Crippen molar-refractivity contribution in [3.05, 3.63) is 44.8 Å². The molecule has 0 bridgehead atoms. The third kappa shape index (κ3) is 6.26. The number of anilines is 1. The third-order valence-electron chi connectivity index (χ3n) is 5.39.